The molecule has 0 saturated carbocycles. The maximum atomic E-state index is 13.2. The zero-order chi connectivity index (χ0) is 12.6. The molecule has 0 saturated heterocycles. The molecule has 0 N–H and O–H groups in total. The molecule has 0 aliphatic carbocycles. The van der Waals surface area contributed by atoms with Gasteiger partial charge in [0.25, 0.3) is 9.05 Å². The number of aryl methyl sites for hydroxylation is 1. The molecule has 0 unspecified atom stereocenters. The Labute approximate surface area is 102 Å². The second-order valence-corrected chi connectivity index (χ2v) is 6.02. The number of halogens is 2. The Hall–Kier alpha value is -1.40. The molecule has 0 radical (unpaired) electrons. The highest BCUT2D eigenvalue weighted by Gasteiger charge is 2.18. The number of benzene rings is 1. The monoisotopic (exact) mass is 274 g/mol. The maximum absolute atomic E-state index is 13.2. The van der Waals surface area contributed by atoms with Crippen molar-refractivity contribution in [1.29, 1.82) is 0 Å². The molecule has 0 aliphatic rings. The van der Waals surface area contributed by atoms with Crippen molar-refractivity contribution in [2.24, 2.45) is 7.05 Å². The number of aromatic nitrogens is 2. The summed E-state index contributed by atoms with van der Waals surface area (Å²) < 4.78 is 37.4. The molecule has 1 aromatic carbocycles. The lowest BCUT2D eigenvalue weighted by atomic mass is 10.1. The van der Waals surface area contributed by atoms with E-state index in [1.54, 1.807) is 13.2 Å². The summed E-state index contributed by atoms with van der Waals surface area (Å²) in [5.74, 6) is -0.534. The molecule has 0 spiro atoms. The molecule has 0 fully saturated rings. The summed E-state index contributed by atoms with van der Waals surface area (Å²) in [6, 6.07) is 3.31. The Morgan fingerprint density at radius 3 is 2.65 bits per heavy atom. The van der Waals surface area contributed by atoms with E-state index in [1.807, 2.05) is 0 Å². The SMILES string of the molecule is Cn1cc(-c2cc(F)ccc2S(=O)(=O)Cl)cn1. The highest BCUT2D eigenvalue weighted by molar-refractivity contribution is 8.13. The highest BCUT2D eigenvalue weighted by atomic mass is 35.7. The van der Waals surface area contributed by atoms with E-state index in [-0.39, 0.29) is 10.5 Å². The molecular weight excluding hydrogens is 267 g/mol. The first-order chi connectivity index (χ1) is 7.88. The molecule has 0 atom stereocenters. The van der Waals surface area contributed by atoms with Crippen LogP contribution < -0.4 is 0 Å². The molecule has 0 aliphatic heterocycles. The topological polar surface area (TPSA) is 52.0 Å². The Balaban J connectivity index is 2.71. The van der Waals surface area contributed by atoms with Gasteiger partial charge in [0.05, 0.1) is 11.1 Å². The minimum absolute atomic E-state index is 0.131. The Bertz CT molecular complexity index is 667. The number of hydrogen-bond donors (Lipinski definition) is 0. The fourth-order valence-electron chi connectivity index (χ4n) is 1.50. The van der Waals surface area contributed by atoms with Crippen LogP contribution in [0.5, 0.6) is 0 Å². The summed E-state index contributed by atoms with van der Waals surface area (Å²) in [5.41, 5.74) is 0.694. The van der Waals surface area contributed by atoms with Crippen molar-refractivity contribution in [2.45, 2.75) is 4.90 Å². The van der Waals surface area contributed by atoms with Crippen LogP contribution in [0.1, 0.15) is 0 Å². The van der Waals surface area contributed by atoms with Crippen LogP contribution in [0.15, 0.2) is 35.5 Å². The summed E-state index contributed by atoms with van der Waals surface area (Å²) in [4.78, 5) is -0.131. The van der Waals surface area contributed by atoms with Crippen LogP contribution in [-0.2, 0) is 16.1 Å². The molecule has 4 nitrogen and oxygen atoms in total. The average Bonchev–Trinajstić information content (AvgIpc) is 2.62. The van der Waals surface area contributed by atoms with Crippen molar-refractivity contribution < 1.29 is 12.8 Å². The third kappa shape index (κ3) is 2.48. The van der Waals surface area contributed by atoms with E-state index in [2.05, 4.69) is 5.10 Å². The minimum atomic E-state index is -3.92. The summed E-state index contributed by atoms with van der Waals surface area (Å²) in [6.07, 6.45) is 3.03. The van der Waals surface area contributed by atoms with Crippen molar-refractivity contribution in [1.82, 2.24) is 9.78 Å². The molecule has 17 heavy (non-hydrogen) atoms. The predicted octanol–water partition coefficient (Wildman–Crippen LogP) is 2.15. The second kappa shape index (κ2) is 4.12. The van der Waals surface area contributed by atoms with Crippen molar-refractivity contribution in [2.75, 3.05) is 0 Å². The molecule has 7 heteroatoms. The van der Waals surface area contributed by atoms with Crippen LogP contribution in [0.25, 0.3) is 11.1 Å². The van der Waals surface area contributed by atoms with Gasteiger partial charge in [0, 0.05) is 35.1 Å². The average molecular weight is 275 g/mol. The smallest absolute Gasteiger partial charge is 0.261 e. The highest BCUT2D eigenvalue weighted by Crippen LogP contribution is 2.29. The van der Waals surface area contributed by atoms with Gasteiger partial charge in [-0.3, -0.25) is 4.68 Å². The molecule has 1 heterocycles. The van der Waals surface area contributed by atoms with Gasteiger partial charge in [0.15, 0.2) is 0 Å². The van der Waals surface area contributed by atoms with Gasteiger partial charge in [-0.15, -0.1) is 0 Å². The fraction of sp³-hybridized carbons (Fsp3) is 0.100. The zero-order valence-electron chi connectivity index (χ0n) is 8.76. The molecule has 0 bridgehead atoms. The van der Waals surface area contributed by atoms with Gasteiger partial charge in [0.2, 0.25) is 0 Å². The normalized spacial score (nSPS) is 11.7. The third-order valence-corrected chi connectivity index (χ3v) is 3.60. The molecular formula is C10H8ClFN2O2S. The van der Waals surface area contributed by atoms with E-state index in [4.69, 9.17) is 10.7 Å². The van der Waals surface area contributed by atoms with Crippen molar-refractivity contribution in [3.05, 3.63) is 36.4 Å². The Morgan fingerprint density at radius 1 is 1.41 bits per heavy atom. The van der Waals surface area contributed by atoms with E-state index < -0.39 is 14.9 Å². The van der Waals surface area contributed by atoms with E-state index in [9.17, 15) is 12.8 Å². The lowest BCUT2D eigenvalue weighted by Gasteiger charge is -2.04. The Morgan fingerprint density at radius 2 is 2.12 bits per heavy atom. The first-order valence-corrected chi connectivity index (χ1v) is 6.92. The zero-order valence-corrected chi connectivity index (χ0v) is 10.3. The van der Waals surface area contributed by atoms with Crippen LogP contribution >= 0.6 is 10.7 Å². The first-order valence-electron chi connectivity index (χ1n) is 4.61. The molecule has 2 rings (SSSR count). The third-order valence-electron chi connectivity index (χ3n) is 2.22. The number of hydrogen-bond acceptors (Lipinski definition) is 3. The van der Waals surface area contributed by atoms with Crippen LogP contribution in [0.3, 0.4) is 0 Å². The van der Waals surface area contributed by atoms with Crippen molar-refractivity contribution in [3.63, 3.8) is 0 Å². The molecule has 0 amide bonds. The van der Waals surface area contributed by atoms with Gasteiger partial charge >= 0.3 is 0 Å². The van der Waals surface area contributed by atoms with Crippen LogP contribution in [0.2, 0.25) is 0 Å². The van der Waals surface area contributed by atoms with Gasteiger partial charge in [-0.1, -0.05) is 0 Å². The predicted molar refractivity (Wildman–Crippen MR) is 61.6 cm³/mol. The van der Waals surface area contributed by atoms with E-state index in [1.165, 1.54) is 10.9 Å². The lowest BCUT2D eigenvalue weighted by molar-refractivity contribution is 0.608. The van der Waals surface area contributed by atoms with Gasteiger partial charge < -0.3 is 0 Å². The first kappa shape index (κ1) is 12.1. The molecule has 1 aromatic heterocycles. The molecule has 2 aromatic rings. The van der Waals surface area contributed by atoms with Crippen molar-refractivity contribution in [3.8, 4) is 11.1 Å². The van der Waals surface area contributed by atoms with Crippen molar-refractivity contribution >= 4 is 19.7 Å². The van der Waals surface area contributed by atoms with Crippen LogP contribution in [-0.4, -0.2) is 18.2 Å². The van der Waals surface area contributed by atoms with Crippen LogP contribution in [0, 0.1) is 5.82 Å². The fourth-order valence-corrected chi connectivity index (χ4v) is 2.57. The summed E-state index contributed by atoms with van der Waals surface area (Å²) in [7, 11) is 3.05. The number of nitrogens with zero attached hydrogens (tertiary/aromatic N) is 2. The van der Waals surface area contributed by atoms with Gasteiger partial charge in [-0.25, -0.2) is 12.8 Å². The lowest BCUT2D eigenvalue weighted by Crippen LogP contribution is -1.95. The maximum Gasteiger partial charge on any atom is 0.261 e. The van der Waals surface area contributed by atoms with Gasteiger partial charge in [-0.2, -0.15) is 5.10 Å². The van der Waals surface area contributed by atoms with Gasteiger partial charge in [0.1, 0.15) is 5.82 Å². The second-order valence-electron chi connectivity index (χ2n) is 3.48. The van der Waals surface area contributed by atoms with Crippen LogP contribution in [0.4, 0.5) is 4.39 Å². The summed E-state index contributed by atoms with van der Waals surface area (Å²) in [5, 5.41) is 3.90. The molecule has 90 valence electrons. The number of rotatable bonds is 2. The quantitative estimate of drug-likeness (QED) is 0.789. The van der Waals surface area contributed by atoms with Gasteiger partial charge in [-0.05, 0) is 18.2 Å². The van der Waals surface area contributed by atoms with E-state index >= 15 is 0 Å². The standard InChI is InChI=1S/C10H8ClFN2O2S/c1-14-6-7(5-13-14)9-4-8(12)2-3-10(9)17(11,15)16/h2-6H,1H3. The van der Waals surface area contributed by atoms with E-state index in [0.29, 0.717) is 5.56 Å². The summed E-state index contributed by atoms with van der Waals surface area (Å²) in [6.45, 7) is 0. The minimum Gasteiger partial charge on any atom is -0.275 e. The largest absolute Gasteiger partial charge is 0.275 e. The summed E-state index contributed by atoms with van der Waals surface area (Å²) >= 11 is 0. The Kier molecular flexibility index (Phi) is 2.92. The van der Waals surface area contributed by atoms with E-state index in [0.717, 1.165) is 18.2 Å².